The molecule has 5 nitrogen and oxygen atoms in total. The van der Waals surface area contributed by atoms with E-state index in [0.29, 0.717) is 5.69 Å². The largest absolute Gasteiger partial charge is 0.481 e. The molecule has 0 aromatic heterocycles. The summed E-state index contributed by atoms with van der Waals surface area (Å²) >= 11 is 0. The Labute approximate surface area is 137 Å². The lowest BCUT2D eigenvalue weighted by Crippen LogP contribution is -2.47. The Kier molecular flexibility index (Phi) is 4.51. The number of rotatable bonds is 5. The fraction of sp³-hybridized carbons (Fsp3) is 0.412. The number of benzene rings is 1. The van der Waals surface area contributed by atoms with Crippen molar-refractivity contribution in [3.63, 3.8) is 0 Å². The van der Waals surface area contributed by atoms with E-state index in [9.17, 15) is 23.5 Å². The van der Waals surface area contributed by atoms with Crippen molar-refractivity contribution in [1.82, 2.24) is 0 Å². The number of carboxylic acid groups (broad SMARTS) is 1. The zero-order valence-electron chi connectivity index (χ0n) is 12.7. The standard InChI is InChI=1S/C17H17F2NO4/c18-17(19)24-12-7-5-11(6-8-12)20-15(21)13-9-1-3-10(4-2-9)14(13)16(22)23/h1,3,5-10,13-14,17H,2,4H2,(H,20,21)(H,22,23)/t9-,10+,13-,14+/m1/s1. The number of halogens is 2. The number of alkyl halides is 2. The number of hydrogen-bond donors (Lipinski definition) is 2. The zero-order chi connectivity index (χ0) is 17.3. The van der Waals surface area contributed by atoms with Crippen LogP contribution in [0.3, 0.4) is 0 Å². The predicted molar refractivity (Wildman–Crippen MR) is 81.7 cm³/mol. The number of carbonyl (C=O) groups is 2. The van der Waals surface area contributed by atoms with Crippen LogP contribution in [0.4, 0.5) is 14.5 Å². The number of carbonyl (C=O) groups excluding carboxylic acids is 1. The van der Waals surface area contributed by atoms with Crippen LogP contribution < -0.4 is 10.1 Å². The summed E-state index contributed by atoms with van der Waals surface area (Å²) in [5.74, 6) is -2.88. The second-order valence-corrected chi connectivity index (χ2v) is 6.07. The average molecular weight is 337 g/mol. The molecule has 0 spiro atoms. The van der Waals surface area contributed by atoms with Crippen LogP contribution in [-0.2, 0) is 9.59 Å². The number of aliphatic carboxylic acids is 1. The van der Waals surface area contributed by atoms with Crippen LogP contribution in [-0.4, -0.2) is 23.6 Å². The highest BCUT2D eigenvalue weighted by Crippen LogP contribution is 2.45. The molecule has 0 heterocycles. The maximum Gasteiger partial charge on any atom is 0.387 e. The SMILES string of the molecule is O=C(O)[C@@H]1[C@H](C(=O)Nc2ccc(OC(F)F)cc2)[C@@H]2C=C[C@H]1CC2. The first-order valence-electron chi connectivity index (χ1n) is 7.72. The highest BCUT2D eigenvalue weighted by atomic mass is 19.3. The van der Waals surface area contributed by atoms with Crippen molar-refractivity contribution in [2.75, 3.05) is 5.32 Å². The highest BCUT2D eigenvalue weighted by molar-refractivity contribution is 5.96. The molecular weight excluding hydrogens is 320 g/mol. The monoisotopic (exact) mass is 337 g/mol. The van der Waals surface area contributed by atoms with E-state index < -0.39 is 24.4 Å². The third kappa shape index (κ3) is 3.25. The van der Waals surface area contributed by atoms with Gasteiger partial charge < -0.3 is 15.2 Å². The second-order valence-electron chi connectivity index (χ2n) is 6.07. The van der Waals surface area contributed by atoms with Gasteiger partial charge in [-0.3, -0.25) is 9.59 Å². The lowest BCUT2D eigenvalue weighted by atomic mass is 9.62. The number of fused-ring (bicyclic) bond motifs is 2. The summed E-state index contributed by atoms with van der Waals surface area (Å²) in [4.78, 5) is 24.1. The van der Waals surface area contributed by atoms with Gasteiger partial charge in [-0.15, -0.1) is 0 Å². The summed E-state index contributed by atoms with van der Waals surface area (Å²) in [6, 6.07) is 5.54. The fourth-order valence-electron chi connectivity index (χ4n) is 3.63. The van der Waals surface area contributed by atoms with Crippen LogP contribution in [0.25, 0.3) is 0 Å². The van der Waals surface area contributed by atoms with E-state index in [4.69, 9.17) is 0 Å². The van der Waals surface area contributed by atoms with Gasteiger partial charge in [0.2, 0.25) is 5.91 Å². The van der Waals surface area contributed by atoms with Crippen molar-refractivity contribution >= 4 is 17.6 Å². The minimum Gasteiger partial charge on any atom is -0.481 e. The van der Waals surface area contributed by atoms with Gasteiger partial charge in [0.15, 0.2) is 0 Å². The van der Waals surface area contributed by atoms with Gasteiger partial charge in [0.25, 0.3) is 0 Å². The third-order valence-electron chi connectivity index (χ3n) is 4.68. The molecule has 1 aromatic carbocycles. The molecule has 128 valence electrons. The van der Waals surface area contributed by atoms with Crippen LogP contribution in [0.2, 0.25) is 0 Å². The molecule has 7 heteroatoms. The van der Waals surface area contributed by atoms with Gasteiger partial charge in [-0.05, 0) is 48.9 Å². The van der Waals surface area contributed by atoms with E-state index in [-0.39, 0.29) is 23.5 Å². The van der Waals surface area contributed by atoms with Gasteiger partial charge in [0.05, 0.1) is 11.8 Å². The summed E-state index contributed by atoms with van der Waals surface area (Å²) < 4.78 is 28.5. The molecule has 0 saturated heterocycles. The minimum atomic E-state index is -2.91. The summed E-state index contributed by atoms with van der Waals surface area (Å²) in [6.07, 6.45) is 5.40. The Bertz CT molecular complexity index is 659. The molecule has 0 aliphatic heterocycles. The van der Waals surface area contributed by atoms with E-state index in [1.807, 2.05) is 12.2 Å². The quantitative estimate of drug-likeness (QED) is 0.810. The summed E-state index contributed by atoms with van der Waals surface area (Å²) in [7, 11) is 0. The van der Waals surface area contributed by atoms with Crippen molar-refractivity contribution in [3.05, 3.63) is 36.4 Å². The maximum atomic E-state index is 12.6. The highest BCUT2D eigenvalue weighted by Gasteiger charge is 2.48. The normalized spacial score (nSPS) is 28.0. The summed E-state index contributed by atoms with van der Waals surface area (Å²) in [5, 5.41) is 12.1. The fourth-order valence-corrected chi connectivity index (χ4v) is 3.63. The molecule has 3 aliphatic carbocycles. The van der Waals surface area contributed by atoms with Crippen LogP contribution in [0, 0.1) is 23.7 Å². The number of allylic oxidation sites excluding steroid dienone is 2. The second kappa shape index (κ2) is 6.59. The Morgan fingerprint density at radius 1 is 1.08 bits per heavy atom. The molecule has 24 heavy (non-hydrogen) atoms. The molecule has 1 amide bonds. The van der Waals surface area contributed by atoms with E-state index >= 15 is 0 Å². The van der Waals surface area contributed by atoms with E-state index in [0.717, 1.165) is 12.8 Å². The molecule has 1 aromatic rings. The number of amides is 1. The van der Waals surface area contributed by atoms with Crippen LogP contribution >= 0.6 is 0 Å². The molecule has 1 saturated carbocycles. The molecule has 4 atom stereocenters. The molecular formula is C17H17F2NO4. The van der Waals surface area contributed by atoms with Crippen LogP contribution in [0.5, 0.6) is 5.75 Å². The minimum absolute atomic E-state index is 0.00827. The van der Waals surface area contributed by atoms with Crippen molar-refractivity contribution in [1.29, 1.82) is 0 Å². The summed E-state index contributed by atoms with van der Waals surface area (Å²) in [6.45, 7) is -2.91. The molecule has 2 N–H and O–H groups in total. The summed E-state index contributed by atoms with van der Waals surface area (Å²) in [5.41, 5.74) is 0.413. The first-order chi connectivity index (χ1) is 11.5. The molecule has 0 unspecified atom stereocenters. The zero-order valence-corrected chi connectivity index (χ0v) is 12.7. The van der Waals surface area contributed by atoms with Crippen molar-refractivity contribution in [2.24, 2.45) is 23.7 Å². The van der Waals surface area contributed by atoms with Gasteiger partial charge >= 0.3 is 12.6 Å². The maximum absolute atomic E-state index is 12.6. The molecule has 1 fully saturated rings. The smallest absolute Gasteiger partial charge is 0.387 e. The van der Waals surface area contributed by atoms with Gasteiger partial charge in [-0.2, -0.15) is 8.78 Å². The molecule has 0 radical (unpaired) electrons. The van der Waals surface area contributed by atoms with Gasteiger partial charge in [-0.25, -0.2) is 0 Å². The number of ether oxygens (including phenoxy) is 1. The Morgan fingerprint density at radius 2 is 1.67 bits per heavy atom. The molecule has 3 aliphatic rings. The molecule has 2 bridgehead atoms. The average Bonchev–Trinajstić information content (AvgIpc) is 2.56. The lowest BCUT2D eigenvalue weighted by molar-refractivity contribution is -0.151. The van der Waals surface area contributed by atoms with Gasteiger partial charge in [0.1, 0.15) is 5.75 Å². The number of anilines is 1. The predicted octanol–water partition coefficient (Wildman–Crippen LogP) is 3.14. The first-order valence-corrected chi connectivity index (χ1v) is 7.72. The Hall–Kier alpha value is -2.44. The lowest BCUT2D eigenvalue weighted by Gasteiger charge is -2.41. The van der Waals surface area contributed by atoms with Gasteiger partial charge in [-0.1, -0.05) is 12.2 Å². The van der Waals surface area contributed by atoms with Crippen molar-refractivity contribution in [3.8, 4) is 5.75 Å². The van der Waals surface area contributed by atoms with Crippen molar-refractivity contribution in [2.45, 2.75) is 19.5 Å². The number of carboxylic acids is 1. The van der Waals surface area contributed by atoms with Crippen molar-refractivity contribution < 1.29 is 28.2 Å². The Balaban J connectivity index is 1.72. The van der Waals surface area contributed by atoms with Gasteiger partial charge in [0, 0.05) is 5.69 Å². The topological polar surface area (TPSA) is 75.6 Å². The van der Waals surface area contributed by atoms with E-state index in [1.54, 1.807) is 0 Å². The number of nitrogens with one attached hydrogen (secondary N) is 1. The van der Waals surface area contributed by atoms with E-state index in [2.05, 4.69) is 10.1 Å². The third-order valence-corrected chi connectivity index (χ3v) is 4.68. The number of hydrogen-bond acceptors (Lipinski definition) is 3. The van der Waals surface area contributed by atoms with E-state index in [1.165, 1.54) is 24.3 Å². The van der Waals surface area contributed by atoms with Crippen LogP contribution in [0.1, 0.15) is 12.8 Å². The first kappa shape index (κ1) is 16.4. The molecule has 4 rings (SSSR count). The van der Waals surface area contributed by atoms with Crippen LogP contribution in [0.15, 0.2) is 36.4 Å². The Morgan fingerprint density at radius 3 is 2.17 bits per heavy atom.